The van der Waals surface area contributed by atoms with E-state index in [-0.39, 0.29) is 16.8 Å². The van der Waals surface area contributed by atoms with Crippen LogP contribution in [0.2, 0.25) is 0 Å². The van der Waals surface area contributed by atoms with Crippen molar-refractivity contribution in [3.63, 3.8) is 0 Å². The van der Waals surface area contributed by atoms with E-state index in [0.717, 1.165) is 0 Å². The molecule has 0 aromatic heterocycles. The van der Waals surface area contributed by atoms with Gasteiger partial charge in [-0.15, -0.1) is 0 Å². The SMILES string of the molecule is Cc1cccc(C(=O)OCC(=O)NC(=O)c2ccccc2)c1[N+](=O)[O-]. The molecule has 0 radical (unpaired) electrons. The summed E-state index contributed by atoms with van der Waals surface area (Å²) in [5, 5.41) is 13.1. The Balaban J connectivity index is 1.99. The summed E-state index contributed by atoms with van der Waals surface area (Å²) in [6, 6.07) is 12.2. The van der Waals surface area contributed by atoms with E-state index in [0.29, 0.717) is 5.56 Å². The minimum absolute atomic E-state index is 0.257. The van der Waals surface area contributed by atoms with Gasteiger partial charge in [-0.1, -0.05) is 30.3 Å². The molecular formula is C17H14N2O6. The van der Waals surface area contributed by atoms with Crippen molar-refractivity contribution in [3.8, 4) is 0 Å². The van der Waals surface area contributed by atoms with Gasteiger partial charge in [-0.3, -0.25) is 25.0 Å². The number of rotatable bonds is 5. The molecule has 2 aromatic rings. The van der Waals surface area contributed by atoms with Crippen LogP contribution in [0.4, 0.5) is 5.69 Å². The molecule has 0 atom stereocenters. The van der Waals surface area contributed by atoms with Gasteiger partial charge in [0.05, 0.1) is 4.92 Å². The number of imide groups is 1. The van der Waals surface area contributed by atoms with Gasteiger partial charge >= 0.3 is 5.97 Å². The monoisotopic (exact) mass is 342 g/mol. The number of aryl methyl sites for hydroxylation is 1. The van der Waals surface area contributed by atoms with Crippen molar-refractivity contribution >= 4 is 23.5 Å². The number of benzene rings is 2. The summed E-state index contributed by atoms with van der Waals surface area (Å²) in [4.78, 5) is 45.9. The highest BCUT2D eigenvalue weighted by molar-refractivity contribution is 6.05. The first-order chi connectivity index (χ1) is 11.9. The molecule has 0 unspecified atom stereocenters. The quantitative estimate of drug-likeness (QED) is 0.505. The van der Waals surface area contributed by atoms with Gasteiger partial charge in [0, 0.05) is 11.1 Å². The summed E-state index contributed by atoms with van der Waals surface area (Å²) < 4.78 is 4.76. The lowest BCUT2D eigenvalue weighted by Crippen LogP contribution is -2.34. The average molecular weight is 342 g/mol. The van der Waals surface area contributed by atoms with Gasteiger partial charge in [0.25, 0.3) is 17.5 Å². The Bertz CT molecular complexity index is 832. The molecule has 0 aliphatic heterocycles. The Morgan fingerprint density at radius 1 is 1.08 bits per heavy atom. The zero-order valence-electron chi connectivity index (χ0n) is 13.2. The highest BCUT2D eigenvalue weighted by Gasteiger charge is 2.24. The minimum Gasteiger partial charge on any atom is -0.452 e. The minimum atomic E-state index is -1.02. The van der Waals surface area contributed by atoms with Crippen LogP contribution in [0.15, 0.2) is 48.5 Å². The highest BCUT2D eigenvalue weighted by Crippen LogP contribution is 2.23. The molecule has 2 rings (SSSR count). The molecular weight excluding hydrogens is 328 g/mol. The van der Waals surface area contributed by atoms with Crippen LogP contribution in [0.3, 0.4) is 0 Å². The van der Waals surface area contributed by atoms with E-state index >= 15 is 0 Å². The van der Waals surface area contributed by atoms with Gasteiger partial charge in [0.2, 0.25) is 0 Å². The average Bonchev–Trinajstić information content (AvgIpc) is 2.59. The van der Waals surface area contributed by atoms with E-state index in [1.165, 1.54) is 37.3 Å². The molecule has 25 heavy (non-hydrogen) atoms. The Labute approximate surface area is 142 Å². The molecule has 2 aromatic carbocycles. The van der Waals surface area contributed by atoms with Crippen molar-refractivity contribution in [1.82, 2.24) is 5.32 Å². The van der Waals surface area contributed by atoms with Crippen LogP contribution in [-0.4, -0.2) is 29.3 Å². The Morgan fingerprint density at radius 3 is 2.40 bits per heavy atom. The summed E-state index contributed by atoms with van der Waals surface area (Å²) in [5.41, 5.74) is -0.0693. The second-order valence-corrected chi connectivity index (χ2v) is 5.05. The number of ether oxygens (including phenoxy) is 1. The van der Waals surface area contributed by atoms with E-state index in [1.54, 1.807) is 18.2 Å². The van der Waals surface area contributed by atoms with Gasteiger partial charge < -0.3 is 4.74 Å². The van der Waals surface area contributed by atoms with E-state index in [4.69, 9.17) is 4.74 Å². The van der Waals surface area contributed by atoms with Crippen LogP contribution in [0, 0.1) is 17.0 Å². The van der Waals surface area contributed by atoms with Crippen molar-refractivity contribution in [2.75, 3.05) is 6.61 Å². The summed E-state index contributed by atoms with van der Waals surface area (Å²) in [6.45, 7) is 0.753. The van der Waals surface area contributed by atoms with Crippen molar-refractivity contribution in [1.29, 1.82) is 0 Å². The molecule has 0 saturated carbocycles. The molecule has 8 nitrogen and oxygen atoms in total. The molecule has 0 bridgehead atoms. The van der Waals surface area contributed by atoms with Crippen LogP contribution in [0.1, 0.15) is 26.3 Å². The molecule has 128 valence electrons. The van der Waals surface area contributed by atoms with Gasteiger partial charge in [-0.25, -0.2) is 4.79 Å². The van der Waals surface area contributed by atoms with E-state index < -0.39 is 29.3 Å². The maximum absolute atomic E-state index is 12.0. The molecule has 0 spiro atoms. The highest BCUT2D eigenvalue weighted by atomic mass is 16.6. The number of nitro benzene ring substituents is 1. The molecule has 1 N–H and O–H groups in total. The lowest BCUT2D eigenvalue weighted by molar-refractivity contribution is -0.385. The first-order valence-electron chi connectivity index (χ1n) is 7.20. The van der Waals surface area contributed by atoms with Gasteiger partial charge in [-0.05, 0) is 25.1 Å². The van der Waals surface area contributed by atoms with Gasteiger partial charge in [-0.2, -0.15) is 0 Å². The number of hydrogen-bond donors (Lipinski definition) is 1. The first kappa shape index (κ1) is 17.8. The van der Waals surface area contributed by atoms with E-state index in [1.807, 2.05) is 0 Å². The van der Waals surface area contributed by atoms with Crippen molar-refractivity contribution in [3.05, 3.63) is 75.3 Å². The normalized spacial score (nSPS) is 9.96. The lowest BCUT2D eigenvalue weighted by atomic mass is 10.1. The standard InChI is InChI=1S/C17H14N2O6/c1-11-6-5-9-13(15(11)19(23)24)17(22)25-10-14(20)18-16(21)12-7-3-2-4-8-12/h2-9H,10H2,1H3,(H,18,20,21). The van der Waals surface area contributed by atoms with Crippen LogP contribution >= 0.6 is 0 Å². The summed E-state index contributed by atoms with van der Waals surface area (Å²) in [7, 11) is 0. The Kier molecular flexibility index (Phi) is 5.57. The second kappa shape index (κ2) is 7.82. The molecule has 0 aliphatic carbocycles. The number of carbonyl (C=O) groups excluding carboxylic acids is 3. The number of nitrogens with zero attached hydrogens (tertiary/aromatic N) is 1. The number of hydrogen-bond acceptors (Lipinski definition) is 6. The maximum atomic E-state index is 12.0. The van der Waals surface area contributed by atoms with E-state index in [9.17, 15) is 24.5 Å². The molecule has 8 heteroatoms. The fourth-order valence-corrected chi connectivity index (χ4v) is 2.10. The maximum Gasteiger partial charge on any atom is 0.345 e. The van der Waals surface area contributed by atoms with Gasteiger partial charge in [0.15, 0.2) is 6.61 Å². The summed E-state index contributed by atoms with van der Waals surface area (Å²) in [6.07, 6.45) is 0. The predicted molar refractivity (Wildman–Crippen MR) is 87.0 cm³/mol. The molecule has 2 amide bonds. The zero-order chi connectivity index (χ0) is 18.4. The van der Waals surface area contributed by atoms with Gasteiger partial charge in [0.1, 0.15) is 5.56 Å². The number of esters is 1. The van der Waals surface area contributed by atoms with E-state index in [2.05, 4.69) is 5.32 Å². The van der Waals surface area contributed by atoms with Crippen molar-refractivity contribution < 1.29 is 24.0 Å². The third-order valence-electron chi connectivity index (χ3n) is 3.26. The number of nitrogens with one attached hydrogen (secondary N) is 1. The first-order valence-corrected chi connectivity index (χ1v) is 7.20. The van der Waals surface area contributed by atoms with Crippen LogP contribution in [0.5, 0.6) is 0 Å². The largest absolute Gasteiger partial charge is 0.452 e. The smallest absolute Gasteiger partial charge is 0.345 e. The predicted octanol–water partition coefficient (Wildman–Crippen LogP) is 2.02. The molecule has 0 saturated heterocycles. The lowest BCUT2D eigenvalue weighted by Gasteiger charge is -2.07. The number of nitro groups is 1. The second-order valence-electron chi connectivity index (χ2n) is 5.05. The number of para-hydroxylation sites is 1. The molecule has 0 fully saturated rings. The van der Waals surface area contributed by atoms with Crippen LogP contribution in [-0.2, 0) is 9.53 Å². The fourth-order valence-electron chi connectivity index (χ4n) is 2.10. The topological polar surface area (TPSA) is 116 Å². The van der Waals surface area contributed by atoms with Crippen LogP contribution < -0.4 is 5.32 Å². The molecule has 0 heterocycles. The van der Waals surface area contributed by atoms with Crippen molar-refractivity contribution in [2.24, 2.45) is 0 Å². The third-order valence-corrected chi connectivity index (χ3v) is 3.26. The Morgan fingerprint density at radius 2 is 1.76 bits per heavy atom. The van der Waals surface area contributed by atoms with Crippen LogP contribution in [0.25, 0.3) is 0 Å². The fraction of sp³-hybridized carbons (Fsp3) is 0.118. The summed E-state index contributed by atoms with van der Waals surface area (Å²) >= 11 is 0. The zero-order valence-corrected chi connectivity index (χ0v) is 13.2. The third kappa shape index (κ3) is 4.47. The van der Waals surface area contributed by atoms with Crippen molar-refractivity contribution in [2.45, 2.75) is 6.92 Å². The number of carbonyl (C=O) groups is 3. The number of amides is 2. The Hall–Kier alpha value is -3.55. The summed E-state index contributed by atoms with van der Waals surface area (Å²) in [5.74, 6) is -2.49. The molecule has 0 aliphatic rings.